The second kappa shape index (κ2) is 6.03. The van der Waals surface area contributed by atoms with Gasteiger partial charge in [0.05, 0.1) is 18.7 Å². The normalized spacial score (nSPS) is 10.1. The SMILES string of the molecule is COC(=O)c1csc(Nc2ccc(Br)c(OC)c2)n1. The largest absolute Gasteiger partial charge is 0.495 e. The number of hydrogen-bond donors (Lipinski definition) is 1. The molecule has 1 N–H and O–H groups in total. The van der Waals surface area contributed by atoms with E-state index in [0.717, 1.165) is 15.9 Å². The molecule has 0 unspecified atom stereocenters. The summed E-state index contributed by atoms with van der Waals surface area (Å²) in [6.45, 7) is 0. The lowest BCUT2D eigenvalue weighted by Crippen LogP contribution is -2.01. The van der Waals surface area contributed by atoms with Crippen LogP contribution in [-0.2, 0) is 4.74 Å². The standard InChI is InChI=1S/C12H11BrN2O3S/c1-17-10-5-7(3-4-8(10)13)14-12-15-9(6-19-12)11(16)18-2/h3-6H,1-2H3,(H,14,15). The molecular weight excluding hydrogens is 332 g/mol. The summed E-state index contributed by atoms with van der Waals surface area (Å²) in [7, 11) is 2.93. The van der Waals surface area contributed by atoms with Gasteiger partial charge in [0.1, 0.15) is 5.75 Å². The molecule has 2 rings (SSSR count). The lowest BCUT2D eigenvalue weighted by atomic mass is 10.3. The summed E-state index contributed by atoms with van der Waals surface area (Å²) in [4.78, 5) is 15.4. The maximum absolute atomic E-state index is 11.3. The third kappa shape index (κ3) is 3.24. The van der Waals surface area contributed by atoms with Crippen molar-refractivity contribution in [3.05, 3.63) is 33.7 Å². The van der Waals surface area contributed by atoms with Crippen molar-refractivity contribution in [3.63, 3.8) is 0 Å². The molecule has 1 aromatic carbocycles. The fourth-order valence-corrected chi connectivity index (χ4v) is 2.50. The van der Waals surface area contributed by atoms with Crippen LogP contribution in [0.4, 0.5) is 10.8 Å². The first-order valence-corrected chi connectivity index (χ1v) is 6.95. The number of carbonyl (C=O) groups is 1. The highest BCUT2D eigenvalue weighted by molar-refractivity contribution is 9.10. The summed E-state index contributed by atoms with van der Waals surface area (Å²) in [5.74, 6) is 0.271. The predicted molar refractivity (Wildman–Crippen MR) is 77.4 cm³/mol. The maximum atomic E-state index is 11.3. The van der Waals surface area contributed by atoms with Gasteiger partial charge in [-0.2, -0.15) is 0 Å². The van der Waals surface area contributed by atoms with E-state index >= 15 is 0 Å². The van der Waals surface area contributed by atoms with Crippen LogP contribution in [0.2, 0.25) is 0 Å². The van der Waals surface area contributed by atoms with Crippen molar-refractivity contribution in [1.82, 2.24) is 4.98 Å². The molecule has 0 spiro atoms. The molecule has 0 aliphatic rings. The summed E-state index contributed by atoms with van der Waals surface area (Å²) in [6, 6.07) is 5.59. The van der Waals surface area contributed by atoms with Gasteiger partial charge in [-0.3, -0.25) is 0 Å². The summed E-state index contributed by atoms with van der Waals surface area (Å²) in [5, 5.41) is 5.36. The van der Waals surface area contributed by atoms with Gasteiger partial charge in [0.15, 0.2) is 10.8 Å². The molecule has 0 radical (unpaired) electrons. The number of hydrogen-bond acceptors (Lipinski definition) is 6. The first kappa shape index (κ1) is 13.8. The van der Waals surface area contributed by atoms with E-state index in [2.05, 4.69) is 31.0 Å². The van der Waals surface area contributed by atoms with E-state index in [9.17, 15) is 4.79 Å². The monoisotopic (exact) mass is 342 g/mol. The zero-order valence-corrected chi connectivity index (χ0v) is 12.7. The highest BCUT2D eigenvalue weighted by atomic mass is 79.9. The van der Waals surface area contributed by atoms with Crippen LogP contribution >= 0.6 is 27.3 Å². The zero-order valence-electron chi connectivity index (χ0n) is 10.3. The molecule has 5 nitrogen and oxygen atoms in total. The number of ether oxygens (including phenoxy) is 2. The number of carbonyl (C=O) groups excluding carboxylic acids is 1. The Morgan fingerprint density at radius 3 is 2.89 bits per heavy atom. The van der Waals surface area contributed by atoms with Crippen molar-refractivity contribution in [3.8, 4) is 5.75 Å². The second-order valence-electron chi connectivity index (χ2n) is 3.50. The Labute approximate surface area is 122 Å². The zero-order chi connectivity index (χ0) is 13.8. The number of aromatic nitrogens is 1. The molecule has 0 amide bonds. The van der Waals surface area contributed by atoms with Crippen molar-refractivity contribution in [2.45, 2.75) is 0 Å². The van der Waals surface area contributed by atoms with Gasteiger partial charge in [0, 0.05) is 17.1 Å². The van der Waals surface area contributed by atoms with Crippen molar-refractivity contribution in [2.24, 2.45) is 0 Å². The van der Waals surface area contributed by atoms with Crippen LogP contribution in [0.25, 0.3) is 0 Å². The van der Waals surface area contributed by atoms with Crippen LogP contribution in [0, 0.1) is 0 Å². The second-order valence-corrected chi connectivity index (χ2v) is 5.22. The molecule has 0 bridgehead atoms. The van der Waals surface area contributed by atoms with E-state index in [0.29, 0.717) is 10.8 Å². The Kier molecular flexibility index (Phi) is 4.39. The Morgan fingerprint density at radius 1 is 1.42 bits per heavy atom. The van der Waals surface area contributed by atoms with Gasteiger partial charge in [-0.1, -0.05) is 0 Å². The summed E-state index contributed by atoms with van der Waals surface area (Å²) >= 11 is 4.71. The molecule has 0 fully saturated rings. The first-order chi connectivity index (χ1) is 9.13. The lowest BCUT2D eigenvalue weighted by Gasteiger charge is -2.07. The molecule has 2 aromatic rings. The molecule has 0 aliphatic heterocycles. The van der Waals surface area contributed by atoms with E-state index in [1.165, 1.54) is 18.4 Å². The van der Waals surface area contributed by atoms with Crippen LogP contribution in [0.3, 0.4) is 0 Å². The molecule has 1 aromatic heterocycles. The number of anilines is 2. The van der Waals surface area contributed by atoms with Gasteiger partial charge in [-0.25, -0.2) is 9.78 Å². The fraction of sp³-hybridized carbons (Fsp3) is 0.167. The van der Waals surface area contributed by atoms with Crippen molar-refractivity contribution < 1.29 is 14.3 Å². The first-order valence-electron chi connectivity index (χ1n) is 5.28. The Morgan fingerprint density at radius 2 is 2.21 bits per heavy atom. The average Bonchev–Trinajstić information content (AvgIpc) is 2.88. The Balaban J connectivity index is 2.17. The number of nitrogens with one attached hydrogen (secondary N) is 1. The van der Waals surface area contributed by atoms with E-state index in [1.807, 2.05) is 18.2 Å². The summed E-state index contributed by atoms with van der Waals surface area (Å²) < 4.78 is 10.7. The molecule has 0 aliphatic carbocycles. The fourth-order valence-electron chi connectivity index (χ4n) is 1.39. The van der Waals surface area contributed by atoms with Crippen LogP contribution in [0.1, 0.15) is 10.5 Å². The van der Waals surface area contributed by atoms with E-state index in [4.69, 9.17) is 4.74 Å². The number of halogens is 1. The Hall–Kier alpha value is -1.60. The molecule has 19 heavy (non-hydrogen) atoms. The highest BCUT2D eigenvalue weighted by Gasteiger charge is 2.11. The number of thiazole rings is 1. The predicted octanol–water partition coefficient (Wildman–Crippen LogP) is 3.44. The minimum absolute atomic E-state index is 0.291. The number of rotatable bonds is 4. The molecule has 0 saturated heterocycles. The third-order valence-electron chi connectivity index (χ3n) is 2.30. The van der Waals surface area contributed by atoms with Crippen LogP contribution in [-0.4, -0.2) is 25.2 Å². The number of esters is 1. The van der Waals surface area contributed by atoms with E-state index < -0.39 is 5.97 Å². The average molecular weight is 343 g/mol. The Bertz CT molecular complexity index is 600. The molecule has 0 saturated carbocycles. The molecule has 100 valence electrons. The van der Waals surface area contributed by atoms with Gasteiger partial charge in [0.2, 0.25) is 0 Å². The van der Waals surface area contributed by atoms with Crippen molar-refractivity contribution in [1.29, 1.82) is 0 Å². The maximum Gasteiger partial charge on any atom is 0.357 e. The highest BCUT2D eigenvalue weighted by Crippen LogP contribution is 2.30. The summed E-state index contributed by atoms with van der Waals surface area (Å²) in [5.41, 5.74) is 1.12. The number of nitrogens with zero attached hydrogens (tertiary/aromatic N) is 1. The van der Waals surface area contributed by atoms with Crippen molar-refractivity contribution >= 4 is 44.1 Å². The van der Waals surface area contributed by atoms with Crippen LogP contribution < -0.4 is 10.1 Å². The molecule has 1 heterocycles. The number of methoxy groups -OCH3 is 2. The smallest absolute Gasteiger partial charge is 0.357 e. The van der Waals surface area contributed by atoms with Gasteiger partial charge in [-0.05, 0) is 28.1 Å². The third-order valence-corrected chi connectivity index (χ3v) is 3.71. The van der Waals surface area contributed by atoms with Gasteiger partial charge in [-0.15, -0.1) is 11.3 Å². The minimum Gasteiger partial charge on any atom is -0.495 e. The van der Waals surface area contributed by atoms with Gasteiger partial charge >= 0.3 is 5.97 Å². The molecule has 7 heteroatoms. The molecular formula is C12H11BrN2O3S. The molecule has 0 atom stereocenters. The van der Waals surface area contributed by atoms with E-state index in [1.54, 1.807) is 12.5 Å². The van der Waals surface area contributed by atoms with Crippen LogP contribution in [0.5, 0.6) is 5.75 Å². The summed E-state index contributed by atoms with van der Waals surface area (Å²) in [6.07, 6.45) is 0. The topological polar surface area (TPSA) is 60.5 Å². The van der Waals surface area contributed by atoms with Gasteiger partial charge in [0.25, 0.3) is 0 Å². The minimum atomic E-state index is -0.447. The lowest BCUT2D eigenvalue weighted by molar-refractivity contribution is 0.0595. The van der Waals surface area contributed by atoms with E-state index in [-0.39, 0.29) is 0 Å². The van der Waals surface area contributed by atoms with Gasteiger partial charge < -0.3 is 14.8 Å². The van der Waals surface area contributed by atoms with Crippen molar-refractivity contribution in [2.75, 3.05) is 19.5 Å². The van der Waals surface area contributed by atoms with Crippen LogP contribution in [0.15, 0.2) is 28.1 Å². The number of benzene rings is 1. The quantitative estimate of drug-likeness (QED) is 0.862.